The van der Waals surface area contributed by atoms with E-state index in [2.05, 4.69) is 49.1 Å². The quantitative estimate of drug-likeness (QED) is 0.628. The minimum atomic E-state index is 1.15. The van der Waals surface area contributed by atoms with E-state index < -0.39 is 0 Å². The van der Waals surface area contributed by atoms with Crippen LogP contribution in [0.15, 0.2) is 35.9 Å². The summed E-state index contributed by atoms with van der Waals surface area (Å²) >= 11 is 0. The van der Waals surface area contributed by atoms with Gasteiger partial charge in [-0.3, -0.25) is 0 Å². The molecule has 1 nitrogen and oxygen atoms in total. The molecule has 0 unspecified atom stereocenters. The van der Waals surface area contributed by atoms with Crippen LogP contribution in [0, 0.1) is 6.92 Å². The zero-order valence-corrected chi connectivity index (χ0v) is 9.66. The van der Waals surface area contributed by atoms with Gasteiger partial charge in [-0.1, -0.05) is 29.3 Å². The Bertz CT molecular complexity index is 348. The van der Waals surface area contributed by atoms with Crippen molar-refractivity contribution in [1.82, 2.24) is 0 Å². The van der Waals surface area contributed by atoms with Crippen LogP contribution in [0.25, 0.3) is 0 Å². The van der Waals surface area contributed by atoms with Crippen LogP contribution in [0.3, 0.4) is 0 Å². The molecule has 0 aliphatic carbocycles. The lowest BCUT2D eigenvalue weighted by Gasteiger charge is -2.22. The maximum atomic E-state index is 2.48. The molecule has 0 amide bonds. The molecule has 0 fully saturated rings. The third kappa shape index (κ3) is 2.62. The summed E-state index contributed by atoms with van der Waals surface area (Å²) in [6.45, 7) is 6.68. The fourth-order valence-corrected chi connectivity index (χ4v) is 2.01. The van der Waals surface area contributed by atoms with Crippen molar-refractivity contribution in [2.75, 3.05) is 18.0 Å². The predicted molar refractivity (Wildman–Crippen MR) is 66.4 cm³/mol. The SMILES string of the molecule is CC1=CCCN(c2ccc(C)cc2)CC1. The van der Waals surface area contributed by atoms with E-state index in [1.54, 1.807) is 0 Å². The highest BCUT2D eigenvalue weighted by atomic mass is 15.1. The molecule has 2 rings (SSSR count). The summed E-state index contributed by atoms with van der Waals surface area (Å²) in [5.41, 5.74) is 4.23. The van der Waals surface area contributed by atoms with Gasteiger partial charge in [0.25, 0.3) is 0 Å². The fraction of sp³-hybridized carbons (Fsp3) is 0.429. The maximum Gasteiger partial charge on any atom is 0.0366 e. The van der Waals surface area contributed by atoms with E-state index in [1.165, 1.54) is 29.7 Å². The Kier molecular flexibility index (Phi) is 3.10. The highest BCUT2D eigenvalue weighted by Gasteiger charge is 2.08. The fourth-order valence-electron chi connectivity index (χ4n) is 2.01. The lowest BCUT2D eigenvalue weighted by Crippen LogP contribution is -2.24. The van der Waals surface area contributed by atoms with E-state index >= 15 is 0 Å². The van der Waals surface area contributed by atoms with Gasteiger partial charge >= 0.3 is 0 Å². The first-order valence-corrected chi connectivity index (χ1v) is 5.73. The third-order valence-corrected chi connectivity index (χ3v) is 3.07. The van der Waals surface area contributed by atoms with Crippen LogP contribution in [0.1, 0.15) is 25.3 Å². The Hall–Kier alpha value is -1.24. The Morgan fingerprint density at radius 3 is 2.47 bits per heavy atom. The van der Waals surface area contributed by atoms with Crippen LogP contribution in [0.5, 0.6) is 0 Å². The van der Waals surface area contributed by atoms with Crippen molar-refractivity contribution >= 4 is 5.69 Å². The molecule has 0 spiro atoms. The van der Waals surface area contributed by atoms with E-state index in [4.69, 9.17) is 0 Å². The summed E-state index contributed by atoms with van der Waals surface area (Å²) in [6, 6.07) is 8.85. The lowest BCUT2D eigenvalue weighted by atomic mass is 10.2. The molecule has 1 aliphatic rings. The maximum absolute atomic E-state index is 2.48. The molecule has 0 saturated heterocycles. The molecular weight excluding hydrogens is 182 g/mol. The predicted octanol–water partition coefficient (Wildman–Crippen LogP) is 3.54. The van der Waals surface area contributed by atoms with E-state index in [9.17, 15) is 0 Å². The standard InChI is InChI=1S/C14H19N/c1-12-4-3-10-15(11-9-12)14-7-5-13(2)6-8-14/h4-8H,3,9-11H2,1-2H3. The van der Waals surface area contributed by atoms with E-state index in [0.717, 1.165) is 13.1 Å². The zero-order valence-electron chi connectivity index (χ0n) is 9.66. The molecule has 0 aromatic heterocycles. The Labute approximate surface area is 92.4 Å². The summed E-state index contributed by atoms with van der Waals surface area (Å²) in [7, 11) is 0. The number of aryl methyl sites for hydroxylation is 1. The van der Waals surface area contributed by atoms with Crippen molar-refractivity contribution in [3.63, 3.8) is 0 Å². The van der Waals surface area contributed by atoms with Gasteiger partial charge in [0.1, 0.15) is 0 Å². The summed E-state index contributed by atoms with van der Waals surface area (Å²) in [5.74, 6) is 0. The lowest BCUT2D eigenvalue weighted by molar-refractivity contribution is 0.804. The molecule has 15 heavy (non-hydrogen) atoms. The molecular formula is C14H19N. The van der Waals surface area contributed by atoms with Crippen molar-refractivity contribution in [2.24, 2.45) is 0 Å². The van der Waals surface area contributed by atoms with Crippen LogP contribution >= 0.6 is 0 Å². The van der Waals surface area contributed by atoms with E-state index in [1.807, 2.05) is 0 Å². The number of hydrogen-bond acceptors (Lipinski definition) is 1. The number of anilines is 1. The Morgan fingerprint density at radius 1 is 1.00 bits per heavy atom. The second kappa shape index (κ2) is 4.52. The second-order valence-corrected chi connectivity index (χ2v) is 4.41. The first kappa shape index (κ1) is 10.3. The molecule has 0 bridgehead atoms. The van der Waals surface area contributed by atoms with Gasteiger partial charge in [-0.05, 0) is 38.8 Å². The van der Waals surface area contributed by atoms with E-state index in [0.29, 0.717) is 0 Å². The van der Waals surface area contributed by atoms with Crippen molar-refractivity contribution in [3.05, 3.63) is 41.5 Å². The van der Waals surface area contributed by atoms with Crippen LogP contribution < -0.4 is 4.90 Å². The molecule has 1 aromatic carbocycles. The number of nitrogens with zero attached hydrogens (tertiary/aromatic N) is 1. The average Bonchev–Trinajstić information content (AvgIpc) is 2.44. The third-order valence-electron chi connectivity index (χ3n) is 3.07. The van der Waals surface area contributed by atoms with Crippen molar-refractivity contribution < 1.29 is 0 Å². The molecule has 1 aromatic rings. The summed E-state index contributed by atoms with van der Waals surface area (Å²) in [6.07, 6.45) is 4.75. The minimum Gasteiger partial charge on any atom is -0.371 e. The van der Waals surface area contributed by atoms with Gasteiger partial charge in [-0.15, -0.1) is 0 Å². The van der Waals surface area contributed by atoms with Gasteiger partial charge in [-0.2, -0.15) is 0 Å². The molecule has 0 N–H and O–H groups in total. The van der Waals surface area contributed by atoms with Crippen LogP contribution in [-0.2, 0) is 0 Å². The smallest absolute Gasteiger partial charge is 0.0366 e. The van der Waals surface area contributed by atoms with Crippen LogP contribution in [0.4, 0.5) is 5.69 Å². The van der Waals surface area contributed by atoms with Gasteiger partial charge < -0.3 is 4.90 Å². The van der Waals surface area contributed by atoms with Crippen molar-refractivity contribution in [1.29, 1.82) is 0 Å². The van der Waals surface area contributed by atoms with Gasteiger partial charge in [0, 0.05) is 18.8 Å². The normalized spacial score (nSPS) is 17.2. The summed E-state index contributed by atoms with van der Waals surface area (Å²) in [4.78, 5) is 2.48. The van der Waals surface area contributed by atoms with Gasteiger partial charge in [0.15, 0.2) is 0 Å². The van der Waals surface area contributed by atoms with Crippen LogP contribution in [0.2, 0.25) is 0 Å². The van der Waals surface area contributed by atoms with Crippen LogP contribution in [-0.4, -0.2) is 13.1 Å². The largest absolute Gasteiger partial charge is 0.371 e. The van der Waals surface area contributed by atoms with Gasteiger partial charge in [0.2, 0.25) is 0 Å². The molecule has 1 heteroatoms. The van der Waals surface area contributed by atoms with Gasteiger partial charge in [0.05, 0.1) is 0 Å². The molecule has 0 saturated carbocycles. The van der Waals surface area contributed by atoms with Crippen molar-refractivity contribution in [3.8, 4) is 0 Å². The summed E-state index contributed by atoms with van der Waals surface area (Å²) < 4.78 is 0. The molecule has 0 atom stereocenters. The second-order valence-electron chi connectivity index (χ2n) is 4.41. The topological polar surface area (TPSA) is 3.24 Å². The van der Waals surface area contributed by atoms with E-state index in [-0.39, 0.29) is 0 Å². The highest BCUT2D eigenvalue weighted by molar-refractivity contribution is 5.48. The first-order chi connectivity index (χ1) is 7.25. The average molecular weight is 201 g/mol. The van der Waals surface area contributed by atoms with Gasteiger partial charge in [-0.25, -0.2) is 0 Å². The first-order valence-electron chi connectivity index (χ1n) is 5.73. The molecule has 1 heterocycles. The molecule has 0 radical (unpaired) electrons. The highest BCUT2D eigenvalue weighted by Crippen LogP contribution is 2.19. The molecule has 1 aliphatic heterocycles. The Morgan fingerprint density at radius 2 is 1.73 bits per heavy atom. The minimum absolute atomic E-state index is 1.15. The molecule has 80 valence electrons. The monoisotopic (exact) mass is 201 g/mol. The summed E-state index contributed by atoms with van der Waals surface area (Å²) in [5, 5.41) is 0. The number of hydrogen-bond donors (Lipinski definition) is 0. The van der Waals surface area contributed by atoms with Crippen molar-refractivity contribution in [2.45, 2.75) is 26.7 Å². The number of benzene rings is 1. The number of rotatable bonds is 1. The zero-order chi connectivity index (χ0) is 10.7. The Balaban J connectivity index is 2.08.